The highest BCUT2D eigenvalue weighted by Gasteiger charge is 2.28. The first-order valence-electron chi connectivity index (χ1n) is 7.72. The van der Waals surface area contributed by atoms with Gasteiger partial charge in [0.2, 0.25) is 0 Å². The molecule has 1 rings (SSSR count). The van der Waals surface area contributed by atoms with Gasteiger partial charge in [-0.05, 0) is 30.2 Å². The Labute approximate surface area is 118 Å². The number of rotatable bonds is 9. The molecule has 0 aliphatic heterocycles. The van der Waals surface area contributed by atoms with Gasteiger partial charge in [-0.25, -0.2) is 0 Å². The minimum atomic E-state index is 0.378. The van der Waals surface area contributed by atoms with E-state index in [0.717, 1.165) is 13.0 Å². The Balaban J connectivity index is 2.75. The van der Waals surface area contributed by atoms with Crippen LogP contribution in [0.2, 0.25) is 0 Å². The van der Waals surface area contributed by atoms with Crippen LogP contribution in [0.4, 0.5) is 0 Å². The van der Waals surface area contributed by atoms with E-state index in [1.807, 2.05) is 17.9 Å². The molecule has 0 radical (unpaired) electrons. The maximum atomic E-state index is 4.31. The average molecular weight is 265 g/mol. The molecule has 1 atom stereocenters. The largest absolute Gasteiger partial charge is 0.314 e. The van der Waals surface area contributed by atoms with E-state index in [2.05, 4.69) is 44.3 Å². The molecule has 1 heterocycles. The number of aromatic nitrogens is 2. The number of aryl methyl sites for hydroxylation is 1. The lowest BCUT2D eigenvalue weighted by atomic mass is 9.75. The Morgan fingerprint density at radius 1 is 1.37 bits per heavy atom. The summed E-state index contributed by atoms with van der Waals surface area (Å²) in [7, 11) is 2.00. The molecule has 0 spiro atoms. The molecule has 0 aliphatic carbocycles. The van der Waals surface area contributed by atoms with Crippen LogP contribution in [0.1, 0.15) is 58.9 Å². The van der Waals surface area contributed by atoms with E-state index in [4.69, 9.17) is 0 Å². The van der Waals surface area contributed by atoms with Gasteiger partial charge in [0.15, 0.2) is 0 Å². The highest BCUT2D eigenvalue weighted by molar-refractivity contribution is 5.08. The van der Waals surface area contributed by atoms with Crippen molar-refractivity contribution in [3.05, 3.63) is 18.0 Å². The van der Waals surface area contributed by atoms with Crippen LogP contribution in [0.3, 0.4) is 0 Å². The molecule has 0 aliphatic rings. The summed E-state index contributed by atoms with van der Waals surface area (Å²) in [6.45, 7) is 10.2. The maximum Gasteiger partial charge on any atom is 0.0521 e. The van der Waals surface area contributed by atoms with Gasteiger partial charge in [0.05, 0.1) is 6.20 Å². The van der Waals surface area contributed by atoms with E-state index >= 15 is 0 Å². The highest BCUT2D eigenvalue weighted by Crippen LogP contribution is 2.32. The second-order valence-corrected chi connectivity index (χ2v) is 6.19. The quantitative estimate of drug-likeness (QED) is 0.740. The number of hydrogen-bond donors (Lipinski definition) is 1. The van der Waals surface area contributed by atoms with Crippen molar-refractivity contribution in [2.75, 3.05) is 6.54 Å². The lowest BCUT2D eigenvalue weighted by Crippen LogP contribution is -2.38. The summed E-state index contributed by atoms with van der Waals surface area (Å²) in [4.78, 5) is 0. The lowest BCUT2D eigenvalue weighted by molar-refractivity contribution is 0.223. The van der Waals surface area contributed by atoms with E-state index in [1.165, 1.54) is 31.2 Å². The summed E-state index contributed by atoms with van der Waals surface area (Å²) < 4.78 is 1.91. The molecule has 0 saturated carbocycles. The van der Waals surface area contributed by atoms with Gasteiger partial charge in [0.25, 0.3) is 0 Å². The monoisotopic (exact) mass is 265 g/mol. The smallest absolute Gasteiger partial charge is 0.0521 e. The Hall–Kier alpha value is -0.830. The van der Waals surface area contributed by atoms with Crippen LogP contribution in [0.5, 0.6) is 0 Å². The van der Waals surface area contributed by atoms with Crippen LogP contribution in [0.25, 0.3) is 0 Å². The van der Waals surface area contributed by atoms with E-state index in [-0.39, 0.29) is 0 Å². The molecule has 110 valence electrons. The van der Waals surface area contributed by atoms with Crippen molar-refractivity contribution < 1.29 is 0 Å². The summed E-state index contributed by atoms with van der Waals surface area (Å²) in [5.41, 5.74) is 1.74. The first-order chi connectivity index (χ1) is 9.01. The second-order valence-electron chi connectivity index (χ2n) is 6.19. The fourth-order valence-corrected chi connectivity index (χ4v) is 2.63. The van der Waals surface area contributed by atoms with Gasteiger partial charge in [0, 0.05) is 25.8 Å². The maximum absolute atomic E-state index is 4.31. The molecule has 0 amide bonds. The molecule has 3 heteroatoms. The summed E-state index contributed by atoms with van der Waals surface area (Å²) in [6, 6.07) is 0.557. The van der Waals surface area contributed by atoms with Crippen LogP contribution in [0.15, 0.2) is 12.4 Å². The molecule has 0 bridgehead atoms. The van der Waals surface area contributed by atoms with Crippen LogP contribution in [-0.4, -0.2) is 22.4 Å². The third kappa shape index (κ3) is 5.35. The number of hydrogen-bond acceptors (Lipinski definition) is 2. The minimum Gasteiger partial charge on any atom is -0.314 e. The third-order valence-electron chi connectivity index (χ3n) is 4.03. The molecular weight excluding hydrogens is 234 g/mol. The molecule has 19 heavy (non-hydrogen) atoms. The van der Waals surface area contributed by atoms with Crippen molar-refractivity contribution in [1.29, 1.82) is 0 Å². The van der Waals surface area contributed by atoms with Gasteiger partial charge in [-0.1, -0.05) is 40.5 Å². The summed E-state index contributed by atoms with van der Waals surface area (Å²) in [5.74, 6) is 0. The van der Waals surface area contributed by atoms with Gasteiger partial charge in [-0.2, -0.15) is 5.10 Å². The molecule has 1 unspecified atom stereocenters. The zero-order chi connectivity index (χ0) is 14.3. The van der Waals surface area contributed by atoms with Gasteiger partial charge in [-0.3, -0.25) is 4.68 Å². The van der Waals surface area contributed by atoms with E-state index < -0.39 is 0 Å². The summed E-state index contributed by atoms with van der Waals surface area (Å²) in [5, 5.41) is 7.95. The molecule has 0 aromatic carbocycles. The fraction of sp³-hybridized carbons (Fsp3) is 0.812. The number of unbranched alkanes of at least 4 members (excludes halogenated alkanes) is 1. The topological polar surface area (TPSA) is 29.9 Å². The number of nitrogens with one attached hydrogen (secondary N) is 1. The Morgan fingerprint density at radius 2 is 2.11 bits per heavy atom. The Morgan fingerprint density at radius 3 is 2.58 bits per heavy atom. The zero-order valence-corrected chi connectivity index (χ0v) is 13.4. The van der Waals surface area contributed by atoms with Crippen LogP contribution >= 0.6 is 0 Å². The highest BCUT2D eigenvalue weighted by atomic mass is 15.2. The van der Waals surface area contributed by atoms with E-state index in [1.54, 1.807) is 0 Å². The van der Waals surface area contributed by atoms with Crippen molar-refractivity contribution in [3.8, 4) is 0 Å². The zero-order valence-electron chi connectivity index (χ0n) is 13.4. The SMILES string of the molecule is CCCCC(CC)(CNC(C)C)Cc1cnn(C)c1. The lowest BCUT2D eigenvalue weighted by Gasteiger charge is -2.34. The van der Waals surface area contributed by atoms with Gasteiger partial charge in [-0.15, -0.1) is 0 Å². The minimum absolute atomic E-state index is 0.378. The second kappa shape index (κ2) is 7.68. The van der Waals surface area contributed by atoms with Crippen molar-refractivity contribution in [3.63, 3.8) is 0 Å². The normalized spacial score (nSPS) is 14.8. The van der Waals surface area contributed by atoms with Crippen molar-refractivity contribution in [1.82, 2.24) is 15.1 Å². The predicted octanol–water partition coefficient (Wildman–Crippen LogP) is 3.55. The predicted molar refractivity (Wildman–Crippen MR) is 82.3 cm³/mol. The van der Waals surface area contributed by atoms with Crippen molar-refractivity contribution in [2.24, 2.45) is 12.5 Å². The molecule has 0 saturated heterocycles. The molecule has 3 nitrogen and oxygen atoms in total. The van der Waals surface area contributed by atoms with Crippen LogP contribution in [0, 0.1) is 5.41 Å². The third-order valence-corrected chi connectivity index (χ3v) is 4.03. The first kappa shape index (κ1) is 16.2. The van der Waals surface area contributed by atoms with Gasteiger partial charge < -0.3 is 5.32 Å². The molecule has 0 fully saturated rings. The van der Waals surface area contributed by atoms with E-state index in [0.29, 0.717) is 11.5 Å². The molecule has 1 aromatic rings. The summed E-state index contributed by atoms with van der Waals surface area (Å²) in [6.07, 6.45) is 10.4. The van der Waals surface area contributed by atoms with Gasteiger partial charge in [0.1, 0.15) is 0 Å². The first-order valence-corrected chi connectivity index (χ1v) is 7.72. The molecular formula is C16H31N3. The molecule has 1 N–H and O–H groups in total. The Kier molecular flexibility index (Phi) is 6.56. The van der Waals surface area contributed by atoms with Crippen molar-refractivity contribution in [2.45, 2.75) is 65.8 Å². The summed E-state index contributed by atoms with van der Waals surface area (Å²) >= 11 is 0. The average Bonchev–Trinajstić information content (AvgIpc) is 2.78. The van der Waals surface area contributed by atoms with Crippen molar-refractivity contribution >= 4 is 0 Å². The Bertz CT molecular complexity index is 357. The standard InChI is InChI=1S/C16H31N3/c1-6-8-9-16(7-2,13-17-14(3)4)10-15-11-18-19(5)12-15/h11-12,14,17H,6-10,13H2,1-5H3. The van der Waals surface area contributed by atoms with Gasteiger partial charge >= 0.3 is 0 Å². The van der Waals surface area contributed by atoms with E-state index in [9.17, 15) is 0 Å². The van der Waals surface area contributed by atoms with Crippen LogP contribution in [-0.2, 0) is 13.5 Å². The van der Waals surface area contributed by atoms with Crippen LogP contribution < -0.4 is 5.32 Å². The molecule has 1 aromatic heterocycles. The number of nitrogens with zero attached hydrogens (tertiary/aromatic N) is 2. The fourth-order valence-electron chi connectivity index (χ4n) is 2.63.